The maximum absolute atomic E-state index is 12.3. The number of methoxy groups -OCH3 is 1. The number of carbonyl (C=O) groups excluding carboxylic acids is 2. The van der Waals surface area contributed by atoms with Crippen molar-refractivity contribution in [3.05, 3.63) is 24.3 Å². The molecule has 0 radical (unpaired) electrons. The highest BCUT2D eigenvalue weighted by atomic mass is 16.5. The fourth-order valence-electron chi connectivity index (χ4n) is 2.75. The van der Waals surface area contributed by atoms with Crippen LogP contribution in [0.25, 0.3) is 0 Å². The van der Waals surface area contributed by atoms with E-state index in [0.29, 0.717) is 24.3 Å². The van der Waals surface area contributed by atoms with E-state index in [1.165, 1.54) is 0 Å². The van der Waals surface area contributed by atoms with E-state index in [1.807, 2.05) is 0 Å². The number of nitrogens with one attached hydrogen (secondary N) is 1. The molecule has 1 aliphatic heterocycles. The van der Waals surface area contributed by atoms with Gasteiger partial charge in [-0.2, -0.15) is 0 Å². The van der Waals surface area contributed by atoms with Crippen molar-refractivity contribution in [1.29, 1.82) is 0 Å². The van der Waals surface area contributed by atoms with Crippen LogP contribution >= 0.6 is 0 Å². The first-order chi connectivity index (χ1) is 10.9. The third kappa shape index (κ3) is 2.86. The van der Waals surface area contributed by atoms with Gasteiger partial charge in [0.2, 0.25) is 11.8 Å². The Labute approximate surface area is 133 Å². The summed E-state index contributed by atoms with van der Waals surface area (Å²) in [6, 6.07) is 7.02. The number of hydrogen-bond donors (Lipinski definition) is 2. The molecule has 1 aromatic rings. The van der Waals surface area contributed by atoms with Crippen molar-refractivity contribution in [1.82, 2.24) is 5.32 Å². The van der Waals surface area contributed by atoms with E-state index >= 15 is 0 Å². The zero-order chi connectivity index (χ0) is 16.6. The van der Waals surface area contributed by atoms with E-state index in [2.05, 4.69) is 5.32 Å². The van der Waals surface area contributed by atoms with Gasteiger partial charge in [0.25, 0.3) is 0 Å². The third-order valence-corrected chi connectivity index (χ3v) is 4.40. The number of carboxylic acid groups (broad SMARTS) is 1. The van der Waals surface area contributed by atoms with Crippen LogP contribution in [0.4, 0.5) is 5.69 Å². The normalized spacial score (nSPS) is 21.9. The van der Waals surface area contributed by atoms with Crippen LogP contribution in [0.1, 0.15) is 19.3 Å². The second kappa shape index (κ2) is 5.57. The van der Waals surface area contributed by atoms with E-state index in [-0.39, 0.29) is 24.8 Å². The van der Waals surface area contributed by atoms with Crippen LogP contribution < -0.4 is 15.0 Å². The van der Waals surface area contributed by atoms with E-state index in [9.17, 15) is 14.4 Å². The van der Waals surface area contributed by atoms with Gasteiger partial charge in [-0.15, -0.1) is 0 Å². The first-order valence-electron chi connectivity index (χ1n) is 7.45. The van der Waals surface area contributed by atoms with Crippen LogP contribution in [0.15, 0.2) is 24.3 Å². The highest BCUT2D eigenvalue weighted by molar-refractivity contribution is 6.01. The van der Waals surface area contributed by atoms with Gasteiger partial charge in [-0.05, 0) is 37.1 Å². The monoisotopic (exact) mass is 318 g/mol. The number of aliphatic carboxylic acids is 1. The lowest BCUT2D eigenvalue weighted by Crippen LogP contribution is -2.46. The van der Waals surface area contributed by atoms with Crippen molar-refractivity contribution in [2.24, 2.45) is 5.92 Å². The van der Waals surface area contributed by atoms with Crippen LogP contribution in [0, 0.1) is 5.92 Å². The third-order valence-electron chi connectivity index (χ3n) is 4.40. The van der Waals surface area contributed by atoms with E-state index < -0.39 is 17.4 Å². The molecule has 0 aromatic heterocycles. The highest BCUT2D eigenvalue weighted by Crippen LogP contribution is 2.36. The molecule has 1 atom stereocenters. The molecular weight excluding hydrogens is 300 g/mol. The molecule has 2 fully saturated rings. The summed E-state index contributed by atoms with van der Waals surface area (Å²) in [5, 5.41) is 11.7. The Balaban J connectivity index is 1.67. The van der Waals surface area contributed by atoms with Gasteiger partial charge in [0.15, 0.2) is 0 Å². The molecule has 7 nitrogen and oxygen atoms in total. The number of nitrogens with zero attached hydrogens (tertiary/aromatic N) is 1. The van der Waals surface area contributed by atoms with Crippen molar-refractivity contribution in [3.8, 4) is 5.75 Å². The Kier molecular flexibility index (Phi) is 3.71. The summed E-state index contributed by atoms with van der Waals surface area (Å²) in [5.41, 5.74) is -0.418. The predicted octanol–water partition coefficient (Wildman–Crippen LogP) is 0.781. The van der Waals surface area contributed by atoms with Crippen LogP contribution in [0.2, 0.25) is 0 Å². The maximum atomic E-state index is 12.3. The number of anilines is 1. The lowest BCUT2D eigenvalue weighted by atomic mass is 10.1. The zero-order valence-corrected chi connectivity index (χ0v) is 12.7. The molecule has 0 bridgehead atoms. The summed E-state index contributed by atoms with van der Waals surface area (Å²) in [4.78, 5) is 37.1. The van der Waals surface area contributed by atoms with Crippen LogP contribution in [0.5, 0.6) is 5.75 Å². The molecule has 1 aromatic carbocycles. The largest absolute Gasteiger partial charge is 0.497 e. The topological polar surface area (TPSA) is 95.9 Å². The van der Waals surface area contributed by atoms with Gasteiger partial charge in [-0.1, -0.05) is 0 Å². The molecule has 1 unspecified atom stereocenters. The summed E-state index contributed by atoms with van der Waals surface area (Å²) < 4.78 is 5.08. The molecule has 1 saturated heterocycles. The smallest absolute Gasteiger partial charge is 0.329 e. The van der Waals surface area contributed by atoms with Gasteiger partial charge in [0.05, 0.1) is 13.0 Å². The van der Waals surface area contributed by atoms with Crippen molar-refractivity contribution in [2.75, 3.05) is 18.6 Å². The van der Waals surface area contributed by atoms with Crippen LogP contribution in [-0.4, -0.2) is 42.1 Å². The summed E-state index contributed by atoms with van der Waals surface area (Å²) in [6.07, 6.45) is 0.974. The van der Waals surface area contributed by atoms with Gasteiger partial charge in [-0.3, -0.25) is 9.59 Å². The maximum Gasteiger partial charge on any atom is 0.329 e. The Morgan fingerprint density at radius 3 is 2.48 bits per heavy atom. The average molecular weight is 318 g/mol. The Hall–Kier alpha value is -2.57. The fraction of sp³-hybridized carbons (Fsp3) is 0.438. The fourth-order valence-corrected chi connectivity index (χ4v) is 2.75. The number of ether oxygens (including phenoxy) is 1. The number of benzene rings is 1. The SMILES string of the molecule is COc1ccc(N2CC(C(=O)NC3(C(=O)O)CC3)CC2=O)cc1. The standard InChI is InChI=1S/C16H18N2O5/c1-23-12-4-2-11(3-5-12)18-9-10(8-13(18)19)14(20)17-16(6-7-16)15(21)22/h2-5,10H,6-9H2,1H3,(H,17,20)(H,21,22). The Bertz CT molecular complexity index is 651. The molecule has 2 aliphatic rings. The lowest BCUT2D eigenvalue weighted by molar-refractivity contribution is -0.143. The molecule has 7 heteroatoms. The van der Waals surface area contributed by atoms with E-state index in [0.717, 1.165) is 0 Å². The zero-order valence-electron chi connectivity index (χ0n) is 12.7. The number of rotatable bonds is 5. The summed E-state index contributed by atoms with van der Waals surface area (Å²) in [5.74, 6) is -1.36. The van der Waals surface area contributed by atoms with Gasteiger partial charge in [-0.25, -0.2) is 4.79 Å². The quantitative estimate of drug-likeness (QED) is 0.836. The minimum Gasteiger partial charge on any atom is -0.497 e. The summed E-state index contributed by atoms with van der Waals surface area (Å²) in [7, 11) is 1.56. The van der Waals surface area contributed by atoms with Crippen molar-refractivity contribution >= 4 is 23.5 Å². The van der Waals surface area contributed by atoms with Gasteiger partial charge in [0.1, 0.15) is 11.3 Å². The molecule has 1 saturated carbocycles. The van der Waals surface area contributed by atoms with Gasteiger partial charge in [0, 0.05) is 18.7 Å². The number of carboxylic acids is 1. The molecular formula is C16H18N2O5. The lowest BCUT2D eigenvalue weighted by Gasteiger charge is -2.18. The number of hydrogen-bond acceptors (Lipinski definition) is 4. The summed E-state index contributed by atoms with van der Waals surface area (Å²) in [6.45, 7) is 0.257. The first-order valence-corrected chi connectivity index (χ1v) is 7.45. The summed E-state index contributed by atoms with van der Waals surface area (Å²) >= 11 is 0. The van der Waals surface area contributed by atoms with Gasteiger partial charge >= 0.3 is 5.97 Å². The second-order valence-corrected chi connectivity index (χ2v) is 5.98. The average Bonchev–Trinajstić information content (AvgIpc) is 3.22. The van der Waals surface area contributed by atoms with Crippen molar-refractivity contribution < 1.29 is 24.2 Å². The molecule has 2 amide bonds. The molecule has 1 heterocycles. The minimum absolute atomic E-state index is 0.0908. The molecule has 122 valence electrons. The molecule has 1 aliphatic carbocycles. The van der Waals surface area contributed by atoms with E-state index in [4.69, 9.17) is 9.84 Å². The minimum atomic E-state index is -1.12. The predicted molar refractivity (Wildman–Crippen MR) is 81.2 cm³/mol. The second-order valence-electron chi connectivity index (χ2n) is 5.98. The number of carbonyl (C=O) groups is 3. The molecule has 2 N–H and O–H groups in total. The Morgan fingerprint density at radius 2 is 1.96 bits per heavy atom. The van der Waals surface area contributed by atoms with Crippen LogP contribution in [0.3, 0.4) is 0 Å². The van der Waals surface area contributed by atoms with E-state index in [1.54, 1.807) is 36.3 Å². The van der Waals surface area contributed by atoms with Crippen molar-refractivity contribution in [3.63, 3.8) is 0 Å². The van der Waals surface area contributed by atoms with Gasteiger partial charge < -0.3 is 20.1 Å². The number of amides is 2. The molecule has 3 rings (SSSR count). The Morgan fingerprint density at radius 1 is 1.30 bits per heavy atom. The van der Waals surface area contributed by atoms with Crippen molar-refractivity contribution in [2.45, 2.75) is 24.8 Å². The molecule has 23 heavy (non-hydrogen) atoms. The first kappa shape index (κ1) is 15.3. The van der Waals surface area contributed by atoms with Crippen LogP contribution in [-0.2, 0) is 14.4 Å². The highest BCUT2D eigenvalue weighted by Gasteiger charge is 2.52. The molecule has 0 spiro atoms.